The molecule has 0 amide bonds. The van der Waals surface area contributed by atoms with Crippen LogP contribution in [0.1, 0.15) is 24.3 Å². The van der Waals surface area contributed by atoms with Crippen molar-refractivity contribution in [3.8, 4) is 11.3 Å². The molecular weight excluding hydrogens is 226 g/mol. The van der Waals surface area contributed by atoms with Gasteiger partial charge in [-0.25, -0.2) is 0 Å². The number of aromatic nitrogens is 1. The number of rotatable bonds is 4. The fourth-order valence-electron chi connectivity index (χ4n) is 1.82. The minimum atomic E-state index is 0.0260. The van der Waals surface area contributed by atoms with Crippen LogP contribution < -0.4 is 5.73 Å². The summed E-state index contributed by atoms with van der Waals surface area (Å²) in [5, 5.41) is 4.10. The summed E-state index contributed by atoms with van der Waals surface area (Å²) in [4.78, 5) is 2.04. The monoisotopic (exact) mass is 245 g/mol. The second kappa shape index (κ2) is 5.33. The maximum absolute atomic E-state index is 5.88. The third kappa shape index (κ3) is 2.97. The molecule has 1 heterocycles. The lowest BCUT2D eigenvalue weighted by atomic mass is 10.0. The molecule has 2 rings (SSSR count). The molecule has 0 aliphatic heterocycles. The van der Waals surface area contributed by atoms with Crippen LogP contribution >= 0.6 is 0 Å². The number of hydrogen-bond acceptors (Lipinski definition) is 4. The quantitative estimate of drug-likeness (QED) is 0.898. The fourth-order valence-corrected chi connectivity index (χ4v) is 1.82. The molecule has 96 valence electrons. The van der Waals surface area contributed by atoms with Gasteiger partial charge in [-0.1, -0.05) is 23.4 Å². The van der Waals surface area contributed by atoms with Crippen molar-refractivity contribution >= 4 is 0 Å². The third-order valence-electron chi connectivity index (χ3n) is 2.74. The first-order valence-corrected chi connectivity index (χ1v) is 6.02. The van der Waals surface area contributed by atoms with Crippen molar-refractivity contribution in [2.24, 2.45) is 5.73 Å². The Bertz CT molecular complexity index is 517. The molecule has 0 saturated carbocycles. The largest absolute Gasteiger partial charge is 0.359 e. The summed E-state index contributed by atoms with van der Waals surface area (Å²) in [5.74, 6) is 0.862. The van der Waals surface area contributed by atoms with Gasteiger partial charge >= 0.3 is 0 Å². The summed E-state index contributed by atoms with van der Waals surface area (Å²) in [6.07, 6.45) is 0. The summed E-state index contributed by atoms with van der Waals surface area (Å²) in [6.45, 7) is 2.72. The van der Waals surface area contributed by atoms with Gasteiger partial charge in [-0.05, 0) is 32.6 Å². The van der Waals surface area contributed by atoms with Gasteiger partial charge in [0.25, 0.3) is 0 Å². The Morgan fingerprint density at radius 3 is 2.78 bits per heavy atom. The van der Waals surface area contributed by atoms with E-state index in [1.165, 1.54) is 0 Å². The number of nitrogens with zero attached hydrogens (tertiary/aromatic N) is 2. The molecule has 0 unspecified atom stereocenters. The van der Waals surface area contributed by atoms with Gasteiger partial charge in [0.2, 0.25) is 0 Å². The highest BCUT2D eigenvalue weighted by atomic mass is 16.5. The van der Waals surface area contributed by atoms with Crippen molar-refractivity contribution in [2.75, 3.05) is 14.1 Å². The lowest BCUT2D eigenvalue weighted by Gasteiger charge is -2.06. The smallest absolute Gasteiger partial charge is 0.151 e. The molecule has 2 aromatic rings. The molecule has 1 atom stereocenters. The molecule has 18 heavy (non-hydrogen) atoms. The van der Waals surface area contributed by atoms with E-state index < -0.39 is 0 Å². The van der Waals surface area contributed by atoms with E-state index in [1.54, 1.807) is 0 Å². The molecule has 0 aliphatic rings. The predicted octanol–water partition coefficient (Wildman–Crippen LogP) is 2.42. The molecule has 0 fully saturated rings. The van der Waals surface area contributed by atoms with Gasteiger partial charge in [0.05, 0.1) is 6.54 Å². The second-order valence-electron chi connectivity index (χ2n) is 4.83. The minimum Gasteiger partial charge on any atom is -0.359 e. The van der Waals surface area contributed by atoms with Gasteiger partial charge in [0.15, 0.2) is 5.76 Å². The molecule has 0 radical (unpaired) electrons. The molecule has 0 aliphatic carbocycles. The molecule has 1 aromatic heterocycles. The number of nitrogens with two attached hydrogens (primary N) is 1. The van der Waals surface area contributed by atoms with Crippen LogP contribution in [-0.4, -0.2) is 24.2 Å². The summed E-state index contributed by atoms with van der Waals surface area (Å²) in [7, 11) is 4.00. The van der Waals surface area contributed by atoms with Crippen molar-refractivity contribution in [1.29, 1.82) is 0 Å². The van der Waals surface area contributed by atoms with Gasteiger partial charge in [0, 0.05) is 17.7 Å². The predicted molar refractivity (Wildman–Crippen MR) is 71.9 cm³/mol. The Hall–Kier alpha value is -1.65. The maximum atomic E-state index is 5.88. The van der Waals surface area contributed by atoms with Gasteiger partial charge in [-0.2, -0.15) is 0 Å². The molecule has 1 aromatic carbocycles. The van der Waals surface area contributed by atoms with Crippen molar-refractivity contribution in [1.82, 2.24) is 10.1 Å². The van der Waals surface area contributed by atoms with Crippen molar-refractivity contribution in [3.05, 3.63) is 41.7 Å². The van der Waals surface area contributed by atoms with E-state index in [4.69, 9.17) is 10.3 Å². The number of hydrogen-bond donors (Lipinski definition) is 1. The highest BCUT2D eigenvalue weighted by Gasteiger charge is 2.08. The zero-order valence-electron chi connectivity index (χ0n) is 11.1. The highest BCUT2D eigenvalue weighted by molar-refractivity contribution is 5.60. The van der Waals surface area contributed by atoms with Gasteiger partial charge < -0.3 is 15.2 Å². The van der Waals surface area contributed by atoms with Gasteiger partial charge in [-0.15, -0.1) is 0 Å². The Morgan fingerprint density at radius 1 is 1.33 bits per heavy atom. The molecular formula is C14H19N3O. The van der Waals surface area contributed by atoms with Gasteiger partial charge in [-0.3, -0.25) is 0 Å². The first kappa shape index (κ1) is 12.8. The van der Waals surface area contributed by atoms with E-state index in [0.29, 0.717) is 0 Å². The van der Waals surface area contributed by atoms with E-state index in [-0.39, 0.29) is 6.04 Å². The van der Waals surface area contributed by atoms with Crippen LogP contribution in [0, 0.1) is 0 Å². The average Bonchev–Trinajstić information content (AvgIpc) is 2.77. The molecule has 4 nitrogen and oxygen atoms in total. The van der Waals surface area contributed by atoms with Crippen molar-refractivity contribution < 1.29 is 4.52 Å². The van der Waals surface area contributed by atoms with Crippen LogP contribution in [0.5, 0.6) is 0 Å². The van der Waals surface area contributed by atoms with E-state index >= 15 is 0 Å². The lowest BCUT2D eigenvalue weighted by molar-refractivity contribution is 0.310. The molecule has 0 spiro atoms. The molecule has 4 heteroatoms. The highest BCUT2D eigenvalue weighted by Crippen LogP contribution is 2.22. The van der Waals surface area contributed by atoms with Crippen molar-refractivity contribution in [3.63, 3.8) is 0 Å². The van der Waals surface area contributed by atoms with Crippen LogP contribution in [0.3, 0.4) is 0 Å². The van der Waals surface area contributed by atoms with Crippen LogP contribution in [0.2, 0.25) is 0 Å². The topological polar surface area (TPSA) is 55.3 Å². The Balaban J connectivity index is 2.25. The van der Waals surface area contributed by atoms with Crippen LogP contribution in [0.25, 0.3) is 11.3 Å². The number of benzene rings is 1. The zero-order chi connectivity index (χ0) is 13.1. The zero-order valence-corrected chi connectivity index (χ0v) is 11.1. The minimum absolute atomic E-state index is 0.0260. The van der Waals surface area contributed by atoms with Crippen molar-refractivity contribution in [2.45, 2.75) is 19.5 Å². The normalized spacial score (nSPS) is 12.9. The van der Waals surface area contributed by atoms with E-state index in [0.717, 1.165) is 29.1 Å². The van der Waals surface area contributed by atoms with Crippen LogP contribution in [0.15, 0.2) is 34.9 Å². The van der Waals surface area contributed by atoms with Gasteiger partial charge in [0.1, 0.15) is 5.69 Å². The first-order valence-electron chi connectivity index (χ1n) is 6.02. The summed E-state index contributed by atoms with van der Waals surface area (Å²) < 4.78 is 5.31. The summed E-state index contributed by atoms with van der Waals surface area (Å²) in [5.41, 5.74) is 8.88. The fraction of sp³-hybridized carbons (Fsp3) is 0.357. The van der Waals surface area contributed by atoms with E-state index in [1.807, 2.05) is 50.2 Å². The molecule has 0 bridgehead atoms. The van der Waals surface area contributed by atoms with Crippen LogP contribution in [0.4, 0.5) is 0 Å². The lowest BCUT2D eigenvalue weighted by Crippen LogP contribution is -2.09. The first-order chi connectivity index (χ1) is 8.56. The van der Waals surface area contributed by atoms with E-state index in [2.05, 4.69) is 11.2 Å². The van der Waals surface area contributed by atoms with Crippen LogP contribution in [-0.2, 0) is 6.54 Å². The second-order valence-corrected chi connectivity index (χ2v) is 4.83. The summed E-state index contributed by atoms with van der Waals surface area (Å²) in [6, 6.07) is 10.1. The Kier molecular flexibility index (Phi) is 3.79. The molecule has 2 N–H and O–H groups in total. The molecule has 0 saturated heterocycles. The third-order valence-corrected chi connectivity index (χ3v) is 2.74. The Labute approximate surface area is 107 Å². The maximum Gasteiger partial charge on any atom is 0.151 e. The summed E-state index contributed by atoms with van der Waals surface area (Å²) >= 11 is 0. The van der Waals surface area contributed by atoms with E-state index in [9.17, 15) is 0 Å². The SMILES string of the molecule is C[C@H](N)c1cccc(-c2cc(CN(C)C)on2)c1. The Morgan fingerprint density at radius 2 is 2.11 bits per heavy atom. The standard InChI is InChI=1S/C14H19N3O/c1-10(15)11-5-4-6-12(7-11)14-8-13(18-16-14)9-17(2)3/h4-8,10H,9,15H2,1-3H3/t10-/m0/s1. The average molecular weight is 245 g/mol.